The van der Waals surface area contributed by atoms with E-state index in [4.69, 9.17) is 23.2 Å². The molecule has 0 fully saturated rings. The maximum atomic E-state index is 13.9. The minimum atomic E-state index is -4.12. The number of amides is 2. The summed E-state index contributed by atoms with van der Waals surface area (Å²) < 4.78 is 28.7. The van der Waals surface area contributed by atoms with E-state index in [-0.39, 0.29) is 17.3 Å². The fourth-order valence-corrected chi connectivity index (χ4v) is 5.93. The molecular weight excluding hydrogens is 545 g/mol. The molecule has 0 bridgehead atoms. The van der Waals surface area contributed by atoms with Crippen molar-refractivity contribution >= 4 is 50.7 Å². The van der Waals surface area contributed by atoms with Crippen molar-refractivity contribution in [3.63, 3.8) is 0 Å². The zero-order chi connectivity index (χ0) is 27.9. The first-order valence-corrected chi connectivity index (χ1v) is 14.4. The Morgan fingerprint density at radius 3 is 2.13 bits per heavy atom. The van der Waals surface area contributed by atoms with Crippen LogP contribution >= 0.6 is 23.2 Å². The fourth-order valence-electron chi connectivity index (χ4n) is 3.91. The second-order valence-corrected chi connectivity index (χ2v) is 11.5. The topological polar surface area (TPSA) is 86.8 Å². The van der Waals surface area contributed by atoms with Crippen molar-refractivity contribution in [2.75, 3.05) is 17.4 Å². The Labute approximate surface area is 234 Å². The Bertz CT molecular complexity index is 1360. The molecule has 0 aromatic heterocycles. The van der Waals surface area contributed by atoms with Gasteiger partial charge in [0, 0.05) is 28.7 Å². The summed E-state index contributed by atoms with van der Waals surface area (Å²) >= 11 is 12.8. The van der Waals surface area contributed by atoms with Gasteiger partial charge in [0.25, 0.3) is 10.0 Å². The molecule has 2 amide bonds. The van der Waals surface area contributed by atoms with E-state index in [9.17, 15) is 18.0 Å². The SMILES string of the molecule is CCCNC(=O)C(C)N(Cc1c(Cl)cccc1Cl)C(=O)CN(c1ccccc1C)S(=O)(=O)c1ccccc1. The van der Waals surface area contributed by atoms with Crippen molar-refractivity contribution in [2.24, 2.45) is 0 Å². The first kappa shape index (κ1) is 29.5. The van der Waals surface area contributed by atoms with Gasteiger partial charge in [-0.2, -0.15) is 0 Å². The molecule has 202 valence electrons. The van der Waals surface area contributed by atoms with Gasteiger partial charge in [0.1, 0.15) is 12.6 Å². The van der Waals surface area contributed by atoms with E-state index in [0.717, 1.165) is 10.7 Å². The molecule has 0 heterocycles. The Morgan fingerprint density at radius 2 is 1.53 bits per heavy atom. The average molecular weight is 577 g/mol. The third-order valence-electron chi connectivity index (χ3n) is 6.10. The van der Waals surface area contributed by atoms with Crippen molar-refractivity contribution in [1.29, 1.82) is 0 Å². The first-order valence-electron chi connectivity index (χ1n) is 12.2. The molecule has 0 aliphatic rings. The van der Waals surface area contributed by atoms with E-state index in [1.807, 2.05) is 6.92 Å². The summed E-state index contributed by atoms with van der Waals surface area (Å²) in [5.74, 6) is -0.945. The van der Waals surface area contributed by atoms with Crippen LogP contribution in [0.15, 0.2) is 77.7 Å². The normalized spacial score (nSPS) is 12.0. The molecule has 10 heteroatoms. The third-order valence-corrected chi connectivity index (χ3v) is 8.58. The zero-order valence-electron chi connectivity index (χ0n) is 21.5. The number of hydrogen-bond acceptors (Lipinski definition) is 4. The largest absolute Gasteiger partial charge is 0.354 e. The van der Waals surface area contributed by atoms with Crippen LogP contribution in [0.5, 0.6) is 0 Å². The minimum absolute atomic E-state index is 0.0467. The summed E-state index contributed by atoms with van der Waals surface area (Å²) in [4.78, 5) is 28.2. The third kappa shape index (κ3) is 6.87. The molecule has 0 radical (unpaired) electrons. The fraction of sp³-hybridized carbons (Fsp3) is 0.286. The molecule has 3 rings (SSSR count). The smallest absolute Gasteiger partial charge is 0.264 e. The molecule has 0 saturated carbocycles. The van der Waals surface area contributed by atoms with Crippen LogP contribution in [0, 0.1) is 6.92 Å². The molecule has 0 aliphatic carbocycles. The standard InChI is InChI=1S/C28H31Cl2N3O4S/c1-4-17-31-28(35)21(3)32(18-23-24(29)14-10-15-25(23)30)27(34)19-33(26-16-9-8-11-20(26)2)38(36,37)22-12-6-5-7-13-22/h5-16,21H,4,17-19H2,1-3H3,(H,31,35). The average Bonchev–Trinajstić information content (AvgIpc) is 2.90. The van der Waals surface area contributed by atoms with Crippen molar-refractivity contribution in [1.82, 2.24) is 10.2 Å². The van der Waals surface area contributed by atoms with Gasteiger partial charge >= 0.3 is 0 Å². The number of hydrogen-bond donors (Lipinski definition) is 1. The van der Waals surface area contributed by atoms with Gasteiger partial charge in [-0.25, -0.2) is 8.42 Å². The van der Waals surface area contributed by atoms with Gasteiger partial charge < -0.3 is 10.2 Å². The number of carbonyl (C=O) groups is 2. The van der Waals surface area contributed by atoms with Gasteiger partial charge in [-0.05, 0) is 56.2 Å². The van der Waals surface area contributed by atoms with E-state index in [0.29, 0.717) is 33.4 Å². The van der Waals surface area contributed by atoms with Crippen LogP contribution in [0.25, 0.3) is 0 Å². The lowest BCUT2D eigenvalue weighted by Crippen LogP contribution is -2.51. The van der Waals surface area contributed by atoms with Gasteiger partial charge in [-0.3, -0.25) is 13.9 Å². The molecule has 7 nitrogen and oxygen atoms in total. The van der Waals surface area contributed by atoms with E-state index in [1.54, 1.807) is 74.5 Å². The van der Waals surface area contributed by atoms with Crippen LogP contribution in [0.4, 0.5) is 5.69 Å². The molecule has 1 atom stereocenters. The predicted molar refractivity (Wildman–Crippen MR) is 152 cm³/mol. The molecule has 0 spiro atoms. The minimum Gasteiger partial charge on any atom is -0.354 e. The Balaban J connectivity index is 2.06. The first-order chi connectivity index (χ1) is 18.1. The molecule has 0 saturated heterocycles. The quantitative estimate of drug-likeness (QED) is 0.330. The Hall–Kier alpha value is -3.07. The molecule has 3 aromatic carbocycles. The number of nitrogens with zero attached hydrogens (tertiary/aromatic N) is 2. The molecule has 3 aromatic rings. The van der Waals surface area contributed by atoms with E-state index >= 15 is 0 Å². The summed E-state index contributed by atoms with van der Waals surface area (Å²) in [6.07, 6.45) is 0.721. The van der Waals surface area contributed by atoms with Gasteiger partial charge in [-0.15, -0.1) is 0 Å². The van der Waals surface area contributed by atoms with Crippen LogP contribution in [0.2, 0.25) is 10.0 Å². The van der Waals surface area contributed by atoms with Crippen molar-refractivity contribution in [2.45, 2.75) is 44.7 Å². The molecule has 38 heavy (non-hydrogen) atoms. The highest BCUT2D eigenvalue weighted by atomic mass is 35.5. The highest BCUT2D eigenvalue weighted by molar-refractivity contribution is 7.92. The van der Waals surface area contributed by atoms with Crippen LogP contribution in [-0.2, 0) is 26.2 Å². The van der Waals surface area contributed by atoms with Crippen molar-refractivity contribution in [3.05, 3.63) is 94.0 Å². The van der Waals surface area contributed by atoms with Crippen molar-refractivity contribution < 1.29 is 18.0 Å². The molecule has 1 unspecified atom stereocenters. The second-order valence-electron chi connectivity index (χ2n) is 8.80. The Kier molecular flexibility index (Phi) is 10.2. The lowest BCUT2D eigenvalue weighted by atomic mass is 10.1. The Morgan fingerprint density at radius 1 is 0.921 bits per heavy atom. The number of para-hydroxylation sites is 1. The number of halogens is 2. The van der Waals surface area contributed by atoms with E-state index in [2.05, 4.69) is 5.32 Å². The summed E-state index contributed by atoms with van der Waals surface area (Å²) in [6.45, 7) is 5.12. The summed E-state index contributed by atoms with van der Waals surface area (Å²) in [7, 11) is -4.12. The van der Waals surface area contributed by atoms with Crippen LogP contribution in [-0.4, -0.2) is 44.3 Å². The molecule has 1 N–H and O–H groups in total. The maximum Gasteiger partial charge on any atom is 0.264 e. The van der Waals surface area contributed by atoms with Crippen LogP contribution < -0.4 is 9.62 Å². The van der Waals surface area contributed by atoms with Crippen LogP contribution in [0.1, 0.15) is 31.4 Å². The molecule has 0 aliphatic heterocycles. The summed E-state index contributed by atoms with van der Waals surface area (Å²) in [5.41, 5.74) is 1.51. The lowest BCUT2D eigenvalue weighted by Gasteiger charge is -2.32. The zero-order valence-corrected chi connectivity index (χ0v) is 23.9. The number of carbonyl (C=O) groups excluding carboxylic acids is 2. The van der Waals surface area contributed by atoms with Gasteiger partial charge in [0.15, 0.2) is 0 Å². The summed E-state index contributed by atoms with van der Waals surface area (Å²) in [5, 5.41) is 3.48. The van der Waals surface area contributed by atoms with Crippen LogP contribution in [0.3, 0.4) is 0 Å². The molecular formula is C28H31Cl2N3O4S. The van der Waals surface area contributed by atoms with Gasteiger partial charge in [0.05, 0.1) is 10.6 Å². The summed E-state index contributed by atoms with van der Waals surface area (Å²) in [6, 6.07) is 18.9. The number of nitrogens with one attached hydrogen (secondary N) is 1. The van der Waals surface area contributed by atoms with E-state index in [1.165, 1.54) is 17.0 Å². The van der Waals surface area contributed by atoms with E-state index < -0.39 is 28.5 Å². The number of sulfonamides is 1. The number of rotatable bonds is 11. The highest BCUT2D eigenvalue weighted by Crippen LogP contribution is 2.29. The predicted octanol–water partition coefficient (Wildman–Crippen LogP) is 5.44. The number of aryl methyl sites for hydroxylation is 1. The monoisotopic (exact) mass is 575 g/mol. The highest BCUT2D eigenvalue weighted by Gasteiger charge is 2.33. The van der Waals surface area contributed by atoms with Gasteiger partial charge in [0.2, 0.25) is 11.8 Å². The lowest BCUT2D eigenvalue weighted by molar-refractivity contribution is -0.139. The number of anilines is 1. The van der Waals surface area contributed by atoms with Gasteiger partial charge in [-0.1, -0.05) is 72.6 Å². The van der Waals surface area contributed by atoms with Crippen molar-refractivity contribution in [3.8, 4) is 0 Å². The maximum absolute atomic E-state index is 13.9. The number of benzene rings is 3. The second kappa shape index (κ2) is 13.1.